The SMILES string of the molecule is Cc1ccc2c(n1)oc1c(N3C=CN(C(C)(C)c4cc(C)nn4C)[C@@H]3C)c(C)ccc12. The topological polar surface area (TPSA) is 50.3 Å². The van der Waals surface area contributed by atoms with E-state index in [1.54, 1.807) is 0 Å². The van der Waals surface area contributed by atoms with Gasteiger partial charge in [-0.2, -0.15) is 5.10 Å². The summed E-state index contributed by atoms with van der Waals surface area (Å²) in [5.41, 5.74) is 6.80. The molecule has 160 valence electrons. The van der Waals surface area contributed by atoms with E-state index in [0.29, 0.717) is 5.71 Å². The minimum absolute atomic E-state index is 0.109. The van der Waals surface area contributed by atoms with Crippen molar-refractivity contribution in [1.29, 1.82) is 0 Å². The van der Waals surface area contributed by atoms with Crippen LogP contribution in [-0.4, -0.2) is 25.8 Å². The van der Waals surface area contributed by atoms with Crippen molar-refractivity contribution in [2.24, 2.45) is 7.05 Å². The maximum absolute atomic E-state index is 6.31. The number of anilines is 1. The molecular weight excluding hydrogens is 386 g/mol. The van der Waals surface area contributed by atoms with Gasteiger partial charge >= 0.3 is 0 Å². The molecule has 4 aromatic rings. The molecule has 1 atom stereocenters. The Hall–Kier alpha value is -3.28. The molecule has 0 N–H and O–H groups in total. The molecule has 1 aromatic carbocycles. The number of fused-ring (bicyclic) bond motifs is 3. The molecule has 0 unspecified atom stereocenters. The zero-order valence-corrected chi connectivity index (χ0v) is 19.3. The number of aryl methyl sites for hydroxylation is 4. The van der Waals surface area contributed by atoms with Gasteiger partial charge in [0, 0.05) is 35.9 Å². The van der Waals surface area contributed by atoms with Crippen molar-refractivity contribution in [3.8, 4) is 0 Å². The highest BCUT2D eigenvalue weighted by atomic mass is 16.3. The predicted octanol–water partition coefficient (Wildman–Crippen LogP) is 5.51. The monoisotopic (exact) mass is 415 g/mol. The van der Waals surface area contributed by atoms with Crippen molar-refractivity contribution in [2.45, 2.75) is 53.2 Å². The number of aromatic nitrogens is 3. The Bertz CT molecular complexity index is 1340. The summed E-state index contributed by atoms with van der Waals surface area (Å²) in [5, 5.41) is 6.72. The first-order valence-corrected chi connectivity index (χ1v) is 10.7. The second-order valence-corrected chi connectivity index (χ2v) is 9.11. The largest absolute Gasteiger partial charge is 0.435 e. The van der Waals surface area contributed by atoms with Crippen LogP contribution in [0, 0.1) is 20.8 Å². The minimum atomic E-state index is -0.227. The molecule has 1 aliphatic heterocycles. The van der Waals surface area contributed by atoms with Crippen LogP contribution in [0.15, 0.2) is 47.1 Å². The van der Waals surface area contributed by atoms with Crippen molar-refractivity contribution >= 4 is 27.8 Å². The van der Waals surface area contributed by atoms with Crippen molar-refractivity contribution in [3.05, 3.63) is 65.4 Å². The van der Waals surface area contributed by atoms with E-state index in [-0.39, 0.29) is 11.7 Å². The third kappa shape index (κ3) is 2.85. The molecular formula is C25H29N5O. The fourth-order valence-electron chi connectivity index (χ4n) is 4.98. The van der Waals surface area contributed by atoms with Crippen molar-refractivity contribution in [3.63, 3.8) is 0 Å². The number of nitrogens with zero attached hydrogens (tertiary/aromatic N) is 5. The van der Waals surface area contributed by atoms with Crippen molar-refractivity contribution in [1.82, 2.24) is 19.7 Å². The molecule has 6 heteroatoms. The normalized spacial score (nSPS) is 16.9. The van der Waals surface area contributed by atoms with Gasteiger partial charge in [-0.1, -0.05) is 12.1 Å². The summed E-state index contributed by atoms with van der Waals surface area (Å²) in [5.74, 6) is 0. The quantitative estimate of drug-likeness (QED) is 0.441. The molecule has 0 spiro atoms. The van der Waals surface area contributed by atoms with Crippen molar-refractivity contribution in [2.75, 3.05) is 4.90 Å². The Balaban J connectivity index is 1.60. The van der Waals surface area contributed by atoms with Gasteiger partial charge in [0.05, 0.1) is 22.6 Å². The van der Waals surface area contributed by atoms with Gasteiger partial charge in [-0.25, -0.2) is 4.98 Å². The molecule has 0 saturated carbocycles. The predicted molar refractivity (Wildman–Crippen MR) is 125 cm³/mol. The van der Waals surface area contributed by atoms with Gasteiger partial charge in [0.25, 0.3) is 0 Å². The van der Waals surface area contributed by atoms with E-state index in [1.807, 2.05) is 31.6 Å². The van der Waals surface area contributed by atoms with Gasteiger partial charge < -0.3 is 14.2 Å². The maximum Gasteiger partial charge on any atom is 0.227 e. The van der Waals surface area contributed by atoms with Gasteiger partial charge in [-0.05, 0) is 65.3 Å². The Labute approximate surface area is 182 Å². The van der Waals surface area contributed by atoms with Crippen LogP contribution >= 0.6 is 0 Å². The summed E-state index contributed by atoms with van der Waals surface area (Å²) >= 11 is 0. The van der Waals surface area contributed by atoms with Crippen LogP contribution in [0.1, 0.15) is 43.4 Å². The second kappa shape index (κ2) is 6.61. The molecule has 4 heterocycles. The van der Waals surface area contributed by atoms with Gasteiger partial charge in [0.2, 0.25) is 5.71 Å². The molecule has 5 rings (SSSR count). The highest BCUT2D eigenvalue weighted by molar-refractivity contribution is 6.08. The van der Waals surface area contributed by atoms with Gasteiger partial charge in [0.15, 0.2) is 5.58 Å². The molecule has 0 bridgehead atoms. The molecule has 0 aliphatic carbocycles. The average Bonchev–Trinajstić information content (AvgIpc) is 3.36. The lowest BCUT2D eigenvalue weighted by molar-refractivity contribution is 0.143. The summed E-state index contributed by atoms with van der Waals surface area (Å²) < 4.78 is 8.30. The van der Waals surface area contributed by atoms with Crippen LogP contribution < -0.4 is 4.90 Å². The minimum Gasteiger partial charge on any atom is -0.435 e. The summed E-state index contributed by atoms with van der Waals surface area (Å²) in [6.07, 6.45) is 4.44. The molecule has 31 heavy (non-hydrogen) atoms. The zero-order chi connectivity index (χ0) is 22.1. The molecule has 0 fully saturated rings. The molecule has 1 aliphatic rings. The van der Waals surface area contributed by atoms with E-state index in [4.69, 9.17) is 4.42 Å². The number of rotatable bonds is 3. The van der Waals surface area contributed by atoms with E-state index in [0.717, 1.165) is 33.4 Å². The van der Waals surface area contributed by atoms with Crippen LogP contribution in [0.4, 0.5) is 5.69 Å². The Morgan fingerprint density at radius 3 is 2.42 bits per heavy atom. The van der Waals surface area contributed by atoms with Crippen LogP contribution in [0.25, 0.3) is 22.1 Å². The van der Waals surface area contributed by atoms with Crippen molar-refractivity contribution < 1.29 is 4.42 Å². The van der Waals surface area contributed by atoms with Crippen LogP contribution in [0.2, 0.25) is 0 Å². The molecule has 0 amide bonds. The van der Waals surface area contributed by atoms with E-state index in [1.165, 1.54) is 11.3 Å². The first-order chi connectivity index (χ1) is 14.7. The molecule has 0 radical (unpaired) electrons. The Morgan fingerprint density at radius 1 is 0.968 bits per heavy atom. The van der Waals surface area contributed by atoms with E-state index >= 15 is 0 Å². The standard InChI is InChI=1S/C25H29N5O/c1-15-8-10-19-20-11-9-16(2)26-24(20)31-23(19)22(15)29-12-13-30(18(29)4)25(5,6)21-14-17(3)27-28(21)7/h8-14,18H,1-7H3/t18-/m1/s1. The number of benzene rings is 1. The third-order valence-electron chi connectivity index (χ3n) is 6.55. The van der Waals surface area contributed by atoms with Gasteiger partial charge in [0.1, 0.15) is 6.17 Å². The maximum atomic E-state index is 6.31. The molecule has 6 nitrogen and oxygen atoms in total. The third-order valence-corrected chi connectivity index (χ3v) is 6.55. The van der Waals surface area contributed by atoms with Crippen LogP contribution in [0.5, 0.6) is 0 Å². The Morgan fingerprint density at radius 2 is 1.71 bits per heavy atom. The summed E-state index contributed by atoms with van der Waals surface area (Å²) in [4.78, 5) is 9.30. The van der Waals surface area contributed by atoms with Crippen LogP contribution in [-0.2, 0) is 12.6 Å². The lowest BCUT2D eigenvalue weighted by Crippen LogP contribution is -2.47. The first kappa shape index (κ1) is 19.7. The molecule has 3 aromatic heterocycles. The average molecular weight is 416 g/mol. The highest BCUT2D eigenvalue weighted by Gasteiger charge is 2.38. The van der Waals surface area contributed by atoms with E-state index in [9.17, 15) is 0 Å². The lowest BCUT2D eigenvalue weighted by Gasteiger charge is -2.41. The van der Waals surface area contributed by atoms with E-state index in [2.05, 4.69) is 84.2 Å². The zero-order valence-electron chi connectivity index (χ0n) is 19.3. The number of pyridine rings is 1. The summed E-state index contributed by atoms with van der Waals surface area (Å²) in [6.45, 7) is 12.9. The Kier molecular flexibility index (Phi) is 4.19. The molecule has 0 saturated heterocycles. The van der Waals surface area contributed by atoms with E-state index < -0.39 is 0 Å². The summed E-state index contributed by atoms with van der Waals surface area (Å²) in [7, 11) is 2.01. The van der Waals surface area contributed by atoms with Gasteiger partial charge in [-0.15, -0.1) is 0 Å². The highest BCUT2D eigenvalue weighted by Crippen LogP contribution is 2.42. The number of hydrogen-bond acceptors (Lipinski definition) is 5. The van der Waals surface area contributed by atoms with Crippen LogP contribution in [0.3, 0.4) is 0 Å². The fourth-order valence-corrected chi connectivity index (χ4v) is 4.98. The number of furan rings is 1. The first-order valence-electron chi connectivity index (χ1n) is 10.7. The lowest BCUT2D eigenvalue weighted by atomic mass is 9.97. The number of hydrogen-bond donors (Lipinski definition) is 0. The summed E-state index contributed by atoms with van der Waals surface area (Å²) in [6, 6.07) is 10.6. The van der Waals surface area contributed by atoms with Gasteiger partial charge in [-0.3, -0.25) is 4.68 Å². The fraction of sp³-hybridized carbons (Fsp3) is 0.360. The smallest absolute Gasteiger partial charge is 0.227 e. The second-order valence-electron chi connectivity index (χ2n) is 9.11.